The van der Waals surface area contributed by atoms with Crippen molar-refractivity contribution >= 4 is 5.97 Å². The van der Waals surface area contributed by atoms with E-state index >= 15 is 0 Å². The van der Waals surface area contributed by atoms with Crippen molar-refractivity contribution in [1.29, 1.82) is 0 Å². The summed E-state index contributed by atoms with van der Waals surface area (Å²) in [6.45, 7) is 8.43. The lowest BCUT2D eigenvalue weighted by Gasteiger charge is -2.19. The summed E-state index contributed by atoms with van der Waals surface area (Å²) in [6, 6.07) is 1.79. The van der Waals surface area contributed by atoms with E-state index in [-0.39, 0.29) is 11.1 Å². The highest BCUT2D eigenvalue weighted by Crippen LogP contribution is 2.16. The van der Waals surface area contributed by atoms with Crippen molar-refractivity contribution in [2.75, 3.05) is 0 Å². The minimum Gasteiger partial charge on any atom is -0.477 e. The minimum absolute atomic E-state index is 0.0963. The molecule has 1 aromatic heterocycles. The number of aryl methyl sites for hydroxylation is 2. The molecule has 0 saturated heterocycles. The zero-order valence-electron chi connectivity index (χ0n) is 12.9. The maximum Gasteiger partial charge on any atom is 0.341 e. The summed E-state index contributed by atoms with van der Waals surface area (Å²) in [5.41, 5.74) is 0.913. The van der Waals surface area contributed by atoms with Crippen LogP contribution >= 0.6 is 0 Å². The molecule has 0 aliphatic rings. The first-order chi connectivity index (χ1) is 9.42. The lowest BCUT2D eigenvalue weighted by atomic mass is 9.98. The number of aromatic carboxylic acids is 1. The van der Waals surface area contributed by atoms with E-state index in [1.54, 1.807) is 17.6 Å². The number of aromatic nitrogens is 1. The number of rotatable bonds is 7. The van der Waals surface area contributed by atoms with Crippen LogP contribution in [0.4, 0.5) is 0 Å². The maximum absolute atomic E-state index is 12.4. The van der Waals surface area contributed by atoms with Crippen LogP contribution in [0.2, 0.25) is 0 Å². The number of nitrogens with zero attached hydrogens (tertiary/aromatic N) is 1. The quantitative estimate of drug-likeness (QED) is 0.832. The van der Waals surface area contributed by atoms with Gasteiger partial charge in [-0.15, -0.1) is 0 Å². The second-order valence-electron chi connectivity index (χ2n) is 5.48. The molecular formula is C16H25NO3. The van der Waals surface area contributed by atoms with Crippen LogP contribution in [-0.2, 0) is 6.54 Å². The predicted octanol–water partition coefficient (Wildman–Crippen LogP) is 3.38. The summed E-state index contributed by atoms with van der Waals surface area (Å²) < 4.78 is 1.63. The molecule has 4 heteroatoms. The molecule has 1 aromatic rings. The molecule has 1 N–H and O–H groups in total. The third kappa shape index (κ3) is 3.71. The summed E-state index contributed by atoms with van der Waals surface area (Å²) in [4.78, 5) is 23.6. The summed E-state index contributed by atoms with van der Waals surface area (Å²) in [6.07, 6.45) is 4.36. The minimum atomic E-state index is -1.14. The van der Waals surface area contributed by atoms with Crippen LogP contribution in [0.25, 0.3) is 0 Å². The molecular weight excluding hydrogens is 254 g/mol. The first kappa shape index (κ1) is 16.5. The maximum atomic E-state index is 12.4. The van der Waals surface area contributed by atoms with Crippen molar-refractivity contribution in [3.63, 3.8) is 0 Å². The van der Waals surface area contributed by atoms with Gasteiger partial charge in [0, 0.05) is 12.2 Å². The van der Waals surface area contributed by atoms with E-state index in [0.717, 1.165) is 31.4 Å². The number of hydrogen-bond acceptors (Lipinski definition) is 2. The lowest BCUT2D eigenvalue weighted by Crippen LogP contribution is -2.31. The first-order valence-electron chi connectivity index (χ1n) is 7.36. The Balaban J connectivity index is 3.15. The number of carboxylic acid groups (broad SMARTS) is 1. The van der Waals surface area contributed by atoms with Gasteiger partial charge in [0.1, 0.15) is 5.56 Å². The van der Waals surface area contributed by atoms with Crippen molar-refractivity contribution in [1.82, 2.24) is 4.57 Å². The molecule has 1 atom stereocenters. The van der Waals surface area contributed by atoms with Gasteiger partial charge in [-0.2, -0.15) is 0 Å². The number of carboxylic acids is 1. The third-order valence-corrected chi connectivity index (χ3v) is 3.90. The van der Waals surface area contributed by atoms with E-state index in [1.165, 1.54) is 0 Å². The van der Waals surface area contributed by atoms with Crippen LogP contribution in [0.1, 0.15) is 61.1 Å². The Hall–Kier alpha value is -1.58. The topological polar surface area (TPSA) is 59.3 Å². The second kappa shape index (κ2) is 7.27. The van der Waals surface area contributed by atoms with Gasteiger partial charge in [-0.3, -0.25) is 4.79 Å². The molecule has 0 fully saturated rings. The van der Waals surface area contributed by atoms with E-state index in [2.05, 4.69) is 13.8 Å². The van der Waals surface area contributed by atoms with Crippen molar-refractivity contribution in [3.8, 4) is 0 Å². The molecule has 0 saturated carbocycles. The van der Waals surface area contributed by atoms with Gasteiger partial charge in [-0.1, -0.05) is 33.1 Å². The molecule has 4 nitrogen and oxygen atoms in total. The average Bonchev–Trinajstić information content (AvgIpc) is 2.37. The molecule has 0 radical (unpaired) electrons. The van der Waals surface area contributed by atoms with Gasteiger partial charge in [-0.05, 0) is 37.8 Å². The lowest BCUT2D eigenvalue weighted by molar-refractivity contribution is 0.0693. The highest BCUT2D eigenvalue weighted by molar-refractivity contribution is 5.88. The molecule has 0 amide bonds. The van der Waals surface area contributed by atoms with Gasteiger partial charge in [0.05, 0.1) is 0 Å². The smallest absolute Gasteiger partial charge is 0.341 e. The van der Waals surface area contributed by atoms with Crippen LogP contribution in [-0.4, -0.2) is 15.6 Å². The number of unbranched alkanes of at least 4 members (excludes halogenated alkanes) is 1. The van der Waals surface area contributed by atoms with Crippen LogP contribution in [0, 0.1) is 19.8 Å². The number of hydrogen-bond donors (Lipinski definition) is 1. The predicted molar refractivity (Wildman–Crippen MR) is 80.4 cm³/mol. The Morgan fingerprint density at radius 1 is 1.35 bits per heavy atom. The van der Waals surface area contributed by atoms with Gasteiger partial charge in [0.15, 0.2) is 0 Å². The first-order valence-corrected chi connectivity index (χ1v) is 7.36. The summed E-state index contributed by atoms with van der Waals surface area (Å²) in [5, 5.41) is 9.18. The highest BCUT2D eigenvalue weighted by Gasteiger charge is 2.18. The van der Waals surface area contributed by atoms with Gasteiger partial charge < -0.3 is 9.67 Å². The average molecular weight is 279 g/mol. The third-order valence-electron chi connectivity index (χ3n) is 3.90. The molecule has 20 heavy (non-hydrogen) atoms. The van der Waals surface area contributed by atoms with E-state index in [4.69, 9.17) is 0 Å². The molecule has 112 valence electrons. The highest BCUT2D eigenvalue weighted by atomic mass is 16.4. The van der Waals surface area contributed by atoms with E-state index in [9.17, 15) is 14.7 Å². The summed E-state index contributed by atoms with van der Waals surface area (Å²) in [5.74, 6) is -0.710. The van der Waals surface area contributed by atoms with Gasteiger partial charge in [0.25, 0.3) is 5.56 Å². The van der Waals surface area contributed by atoms with Gasteiger partial charge in [0.2, 0.25) is 0 Å². The zero-order chi connectivity index (χ0) is 15.3. The van der Waals surface area contributed by atoms with Crippen molar-refractivity contribution in [2.45, 2.75) is 59.9 Å². The molecule has 0 spiro atoms. The van der Waals surface area contributed by atoms with Crippen molar-refractivity contribution in [2.24, 2.45) is 5.92 Å². The Morgan fingerprint density at radius 2 is 2.00 bits per heavy atom. The molecule has 1 heterocycles. The molecule has 1 unspecified atom stereocenters. The Morgan fingerprint density at radius 3 is 2.50 bits per heavy atom. The normalized spacial score (nSPS) is 12.4. The zero-order valence-corrected chi connectivity index (χ0v) is 12.9. The Kier molecular flexibility index (Phi) is 5.99. The molecule has 1 rings (SSSR count). The van der Waals surface area contributed by atoms with E-state index < -0.39 is 5.97 Å². The van der Waals surface area contributed by atoms with E-state index in [0.29, 0.717) is 18.0 Å². The SMILES string of the molecule is CCCCC(CC)Cn1c(C)cc(C)c(C(=O)O)c1=O. The second-order valence-corrected chi connectivity index (χ2v) is 5.48. The molecule has 0 aromatic carbocycles. The standard InChI is InChI=1S/C16H25NO3/c1-5-7-8-13(6-2)10-17-12(4)9-11(3)14(15(17)18)16(19)20/h9,13H,5-8,10H2,1-4H3,(H,19,20). The fourth-order valence-corrected chi connectivity index (χ4v) is 2.59. The fraction of sp³-hybridized carbons (Fsp3) is 0.625. The molecule has 0 bridgehead atoms. The largest absolute Gasteiger partial charge is 0.477 e. The van der Waals surface area contributed by atoms with Crippen LogP contribution < -0.4 is 5.56 Å². The van der Waals surface area contributed by atoms with E-state index in [1.807, 2.05) is 6.92 Å². The van der Waals surface area contributed by atoms with Crippen molar-refractivity contribution < 1.29 is 9.90 Å². The monoisotopic (exact) mass is 279 g/mol. The Bertz CT molecular complexity index is 531. The van der Waals surface area contributed by atoms with Crippen LogP contribution in [0.15, 0.2) is 10.9 Å². The number of pyridine rings is 1. The Labute approximate surface area is 120 Å². The van der Waals surface area contributed by atoms with Crippen LogP contribution in [0.5, 0.6) is 0 Å². The fourth-order valence-electron chi connectivity index (χ4n) is 2.59. The van der Waals surface area contributed by atoms with Gasteiger partial charge >= 0.3 is 5.97 Å². The summed E-state index contributed by atoms with van der Waals surface area (Å²) >= 11 is 0. The van der Waals surface area contributed by atoms with Gasteiger partial charge in [-0.25, -0.2) is 4.79 Å². The summed E-state index contributed by atoms with van der Waals surface area (Å²) in [7, 11) is 0. The molecule has 0 aliphatic heterocycles. The van der Waals surface area contributed by atoms with Crippen molar-refractivity contribution in [3.05, 3.63) is 33.2 Å². The van der Waals surface area contributed by atoms with Crippen LogP contribution in [0.3, 0.4) is 0 Å². The molecule has 0 aliphatic carbocycles. The number of carbonyl (C=O) groups is 1.